The fourth-order valence-electron chi connectivity index (χ4n) is 2.01. The molecule has 0 saturated heterocycles. The van der Waals surface area contributed by atoms with Crippen molar-refractivity contribution >= 4 is 5.78 Å². The Morgan fingerprint density at radius 2 is 1.89 bits per heavy atom. The summed E-state index contributed by atoms with van der Waals surface area (Å²) in [5, 5.41) is 3.84. The number of Topliss-reactive ketones (excluding diaryl/α,β-unsaturated/α-hetero) is 1. The van der Waals surface area contributed by atoms with Crippen LogP contribution in [0.3, 0.4) is 0 Å². The van der Waals surface area contributed by atoms with E-state index in [0.29, 0.717) is 17.3 Å². The summed E-state index contributed by atoms with van der Waals surface area (Å²) in [6.45, 7) is 5.36. The average Bonchev–Trinajstić information content (AvgIpc) is 2.78. The minimum atomic E-state index is -0.401. The number of carbonyl (C=O) groups excluding carboxylic acids is 1. The molecule has 0 bridgehead atoms. The third-order valence-corrected chi connectivity index (χ3v) is 2.91. The molecule has 1 heterocycles. The Bertz CT molecular complexity index is 575. The normalized spacial score (nSPS) is 12.7. The van der Waals surface area contributed by atoms with Crippen LogP contribution in [-0.2, 0) is 4.79 Å². The second-order valence-corrected chi connectivity index (χ2v) is 4.80. The lowest BCUT2D eigenvalue weighted by atomic mass is 9.92. The molecule has 0 aliphatic heterocycles. The van der Waals surface area contributed by atoms with Crippen LogP contribution in [0.2, 0.25) is 0 Å². The summed E-state index contributed by atoms with van der Waals surface area (Å²) < 4.78 is 18.0. The van der Waals surface area contributed by atoms with E-state index in [1.165, 1.54) is 19.1 Å². The van der Waals surface area contributed by atoms with Crippen molar-refractivity contribution in [1.82, 2.24) is 10.1 Å². The quantitative estimate of drug-likeness (QED) is 0.849. The number of hydrogen-bond donors (Lipinski definition) is 0. The van der Waals surface area contributed by atoms with Crippen LogP contribution in [0.1, 0.15) is 32.6 Å². The topological polar surface area (TPSA) is 56.0 Å². The number of aromatic nitrogens is 2. The molecular formula is C14H15FN2O2. The molecule has 0 fully saturated rings. The number of benzene rings is 1. The maximum Gasteiger partial charge on any atom is 0.237 e. The molecule has 0 aliphatic carbocycles. The van der Waals surface area contributed by atoms with Gasteiger partial charge >= 0.3 is 0 Å². The molecule has 0 amide bonds. The van der Waals surface area contributed by atoms with Gasteiger partial charge in [0.05, 0.1) is 5.92 Å². The third kappa shape index (κ3) is 2.86. The van der Waals surface area contributed by atoms with Crippen LogP contribution in [0.4, 0.5) is 4.39 Å². The highest BCUT2D eigenvalue weighted by molar-refractivity contribution is 5.82. The lowest BCUT2D eigenvalue weighted by Crippen LogP contribution is -2.15. The SMILES string of the molecule is CC(=O)C(c1nc(-c2ccc(F)cc2)no1)C(C)C. The first-order chi connectivity index (χ1) is 8.99. The molecule has 0 spiro atoms. The molecule has 2 rings (SSSR count). The molecule has 0 aliphatic rings. The molecule has 100 valence electrons. The van der Waals surface area contributed by atoms with Crippen LogP contribution in [0.15, 0.2) is 28.8 Å². The number of hydrogen-bond acceptors (Lipinski definition) is 4. The van der Waals surface area contributed by atoms with Gasteiger partial charge in [-0.2, -0.15) is 4.98 Å². The molecule has 4 nitrogen and oxygen atoms in total. The zero-order valence-electron chi connectivity index (χ0n) is 11.1. The Balaban J connectivity index is 2.32. The van der Waals surface area contributed by atoms with Crippen molar-refractivity contribution in [2.24, 2.45) is 5.92 Å². The number of rotatable bonds is 4. The average molecular weight is 262 g/mol. The van der Waals surface area contributed by atoms with Gasteiger partial charge < -0.3 is 4.52 Å². The van der Waals surface area contributed by atoms with Crippen LogP contribution < -0.4 is 0 Å². The molecule has 1 unspecified atom stereocenters. The zero-order chi connectivity index (χ0) is 14.0. The Morgan fingerprint density at radius 3 is 2.42 bits per heavy atom. The van der Waals surface area contributed by atoms with Gasteiger partial charge in [-0.05, 0) is 37.1 Å². The molecule has 1 aromatic heterocycles. The maximum atomic E-state index is 12.8. The summed E-state index contributed by atoms with van der Waals surface area (Å²) in [6.07, 6.45) is 0. The summed E-state index contributed by atoms with van der Waals surface area (Å²) in [5.74, 6) is 0.0185. The number of ketones is 1. The third-order valence-electron chi connectivity index (χ3n) is 2.91. The molecule has 1 aromatic carbocycles. The van der Waals surface area contributed by atoms with Crippen molar-refractivity contribution in [3.63, 3.8) is 0 Å². The van der Waals surface area contributed by atoms with Crippen LogP contribution in [-0.4, -0.2) is 15.9 Å². The predicted molar refractivity (Wildman–Crippen MR) is 68.0 cm³/mol. The Kier molecular flexibility index (Phi) is 3.74. The Labute approximate surface area is 110 Å². The molecule has 2 aromatic rings. The van der Waals surface area contributed by atoms with Crippen molar-refractivity contribution < 1.29 is 13.7 Å². The van der Waals surface area contributed by atoms with E-state index >= 15 is 0 Å². The predicted octanol–water partition coefficient (Wildman–Crippen LogP) is 3.20. The second-order valence-electron chi connectivity index (χ2n) is 4.80. The van der Waals surface area contributed by atoms with E-state index in [1.807, 2.05) is 13.8 Å². The fourth-order valence-corrected chi connectivity index (χ4v) is 2.01. The van der Waals surface area contributed by atoms with E-state index in [2.05, 4.69) is 10.1 Å². The smallest absolute Gasteiger partial charge is 0.237 e. The first-order valence-electron chi connectivity index (χ1n) is 6.09. The Hall–Kier alpha value is -2.04. The largest absolute Gasteiger partial charge is 0.338 e. The van der Waals surface area contributed by atoms with Gasteiger partial charge in [-0.25, -0.2) is 4.39 Å². The van der Waals surface area contributed by atoms with E-state index in [1.54, 1.807) is 12.1 Å². The highest BCUT2D eigenvalue weighted by atomic mass is 19.1. The van der Waals surface area contributed by atoms with Gasteiger partial charge in [0.1, 0.15) is 11.6 Å². The van der Waals surface area contributed by atoms with Crippen LogP contribution in [0.25, 0.3) is 11.4 Å². The van der Waals surface area contributed by atoms with E-state index in [4.69, 9.17) is 4.52 Å². The lowest BCUT2D eigenvalue weighted by molar-refractivity contribution is -0.119. The van der Waals surface area contributed by atoms with Crippen molar-refractivity contribution in [2.75, 3.05) is 0 Å². The van der Waals surface area contributed by atoms with Gasteiger partial charge in [-0.3, -0.25) is 4.79 Å². The number of nitrogens with zero attached hydrogens (tertiary/aromatic N) is 2. The first-order valence-corrected chi connectivity index (χ1v) is 6.09. The Morgan fingerprint density at radius 1 is 1.26 bits per heavy atom. The highest BCUT2D eigenvalue weighted by Crippen LogP contribution is 2.26. The van der Waals surface area contributed by atoms with Gasteiger partial charge in [0, 0.05) is 5.56 Å². The zero-order valence-corrected chi connectivity index (χ0v) is 11.1. The minimum Gasteiger partial charge on any atom is -0.338 e. The van der Waals surface area contributed by atoms with Crippen molar-refractivity contribution in [3.8, 4) is 11.4 Å². The summed E-state index contributed by atoms with van der Waals surface area (Å²) >= 11 is 0. The summed E-state index contributed by atoms with van der Waals surface area (Å²) in [7, 11) is 0. The van der Waals surface area contributed by atoms with Crippen LogP contribution in [0, 0.1) is 11.7 Å². The van der Waals surface area contributed by atoms with E-state index in [0.717, 1.165) is 0 Å². The first kappa shape index (κ1) is 13.4. The summed E-state index contributed by atoms with van der Waals surface area (Å²) in [4.78, 5) is 15.8. The van der Waals surface area contributed by atoms with Crippen molar-refractivity contribution in [2.45, 2.75) is 26.7 Å². The van der Waals surface area contributed by atoms with Gasteiger partial charge in [-0.1, -0.05) is 19.0 Å². The fraction of sp³-hybridized carbons (Fsp3) is 0.357. The monoisotopic (exact) mass is 262 g/mol. The van der Waals surface area contributed by atoms with Gasteiger partial charge in [0.2, 0.25) is 11.7 Å². The van der Waals surface area contributed by atoms with Gasteiger partial charge in [0.25, 0.3) is 0 Å². The lowest BCUT2D eigenvalue weighted by Gasteiger charge is -2.12. The van der Waals surface area contributed by atoms with Crippen LogP contribution >= 0.6 is 0 Å². The second kappa shape index (κ2) is 5.30. The molecule has 19 heavy (non-hydrogen) atoms. The summed E-state index contributed by atoms with van der Waals surface area (Å²) in [6, 6.07) is 5.80. The highest BCUT2D eigenvalue weighted by Gasteiger charge is 2.27. The summed E-state index contributed by atoms with van der Waals surface area (Å²) in [5.41, 5.74) is 0.655. The molecular weight excluding hydrogens is 247 g/mol. The maximum absolute atomic E-state index is 12.8. The van der Waals surface area contributed by atoms with Gasteiger partial charge in [0.15, 0.2) is 0 Å². The molecule has 5 heteroatoms. The number of halogens is 1. The molecule has 1 atom stereocenters. The van der Waals surface area contributed by atoms with Crippen molar-refractivity contribution in [1.29, 1.82) is 0 Å². The standard InChI is InChI=1S/C14H15FN2O2/c1-8(2)12(9(3)18)14-16-13(17-19-14)10-4-6-11(15)7-5-10/h4-8,12H,1-3H3. The number of carbonyl (C=O) groups is 1. The molecule has 0 saturated carbocycles. The minimum absolute atomic E-state index is 0.00990. The molecule has 0 N–H and O–H groups in total. The van der Waals surface area contributed by atoms with Gasteiger partial charge in [-0.15, -0.1) is 0 Å². The van der Waals surface area contributed by atoms with Crippen LogP contribution in [0.5, 0.6) is 0 Å². The van der Waals surface area contributed by atoms with E-state index < -0.39 is 5.92 Å². The van der Waals surface area contributed by atoms with E-state index in [9.17, 15) is 9.18 Å². The molecule has 0 radical (unpaired) electrons. The van der Waals surface area contributed by atoms with Crippen molar-refractivity contribution in [3.05, 3.63) is 36.0 Å². The van der Waals surface area contributed by atoms with E-state index in [-0.39, 0.29) is 17.5 Å².